The first-order chi connectivity index (χ1) is 19.4. The number of anilines is 1. The van der Waals surface area contributed by atoms with E-state index in [0.717, 1.165) is 11.1 Å². The molecule has 1 aromatic heterocycles. The number of hydrogen-bond donors (Lipinski definition) is 2. The molecule has 2 fully saturated rings. The van der Waals surface area contributed by atoms with E-state index in [1.165, 1.54) is 19.4 Å². The fourth-order valence-corrected chi connectivity index (χ4v) is 5.75. The third-order valence-corrected chi connectivity index (χ3v) is 8.52. The molecule has 0 spiro atoms. The quantitative estimate of drug-likeness (QED) is 0.363. The number of alkyl halides is 2. The Bertz CT molecular complexity index is 1380. The van der Waals surface area contributed by atoms with Crippen molar-refractivity contribution in [1.82, 2.24) is 15.6 Å². The first-order valence-corrected chi connectivity index (χ1v) is 14.8. The zero-order valence-electron chi connectivity index (χ0n) is 22.2. The van der Waals surface area contributed by atoms with Crippen LogP contribution >= 0.6 is 10.2 Å². The van der Waals surface area contributed by atoms with Crippen molar-refractivity contribution in [3.05, 3.63) is 53.9 Å². The highest BCUT2D eigenvalue weighted by Gasteiger charge is 2.65. The van der Waals surface area contributed by atoms with E-state index in [2.05, 4.69) is 15.6 Å². The van der Waals surface area contributed by atoms with Gasteiger partial charge in [-0.15, -0.1) is 0 Å². The Kier molecular flexibility index (Phi) is 8.02. The Morgan fingerprint density at radius 1 is 1.14 bits per heavy atom. The number of aromatic nitrogens is 1. The number of methoxy groups -OCH3 is 1. The summed E-state index contributed by atoms with van der Waals surface area (Å²) in [6, 6.07) is 1.18. The van der Waals surface area contributed by atoms with E-state index in [0.29, 0.717) is 12.1 Å². The summed E-state index contributed by atoms with van der Waals surface area (Å²) in [5.74, 6) is -4.64. The summed E-state index contributed by atoms with van der Waals surface area (Å²) in [7, 11) is -8.66. The molecule has 2 aromatic rings. The van der Waals surface area contributed by atoms with Crippen molar-refractivity contribution >= 4 is 27.7 Å². The van der Waals surface area contributed by atoms with Crippen molar-refractivity contribution in [2.45, 2.75) is 67.2 Å². The lowest BCUT2D eigenvalue weighted by Gasteiger charge is -2.41. The summed E-state index contributed by atoms with van der Waals surface area (Å²) in [5.41, 5.74) is -0.558. The molecule has 2 aliphatic rings. The van der Waals surface area contributed by atoms with Gasteiger partial charge in [-0.05, 0) is 49.6 Å². The Morgan fingerprint density at radius 3 is 2.33 bits per heavy atom. The van der Waals surface area contributed by atoms with E-state index in [9.17, 15) is 43.1 Å². The number of benzene rings is 1. The van der Waals surface area contributed by atoms with E-state index in [1.54, 1.807) is 0 Å². The predicted molar refractivity (Wildman–Crippen MR) is 140 cm³/mol. The van der Waals surface area contributed by atoms with Gasteiger partial charge in [-0.3, -0.25) is 19.5 Å². The summed E-state index contributed by atoms with van der Waals surface area (Å²) >= 11 is 0. The van der Waals surface area contributed by atoms with Gasteiger partial charge in [0.15, 0.2) is 0 Å². The fourth-order valence-electron chi connectivity index (χ4n) is 5.09. The molecule has 1 saturated heterocycles. The molecule has 8 nitrogen and oxygen atoms in total. The highest BCUT2D eigenvalue weighted by Crippen LogP contribution is 3.02. The molecular weight excluding hydrogens is 595 g/mol. The second-order valence-electron chi connectivity index (χ2n) is 10.3. The van der Waals surface area contributed by atoms with Crippen LogP contribution in [-0.2, 0) is 14.3 Å². The van der Waals surface area contributed by atoms with E-state index in [1.807, 2.05) is 6.07 Å². The topological polar surface area (TPSA) is 107 Å². The van der Waals surface area contributed by atoms with Gasteiger partial charge in [0.05, 0.1) is 23.8 Å². The Labute approximate surface area is 236 Å². The van der Waals surface area contributed by atoms with Crippen LogP contribution < -0.4 is 15.5 Å². The number of nitrogens with one attached hydrogen (secondary N) is 2. The molecule has 16 heteroatoms. The molecule has 1 aliphatic heterocycles. The molecular formula is C26H28F7N5O3S. The Hall–Kier alpha value is -3.42. The molecule has 0 bridgehead atoms. The largest absolute Gasteiger partial charge is 0.380 e. The van der Waals surface area contributed by atoms with Crippen LogP contribution in [0.1, 0.15) is 49.3 Å². The highest BCUT2D eigenvalue weighted by atomic mass is 32.5. The van der Waals surface area contributed by atoms with Crippen molar-refractivity contribution in [1.29, 1.82) is 5.26 Å². The second-order valence-corrected chi connectivity index (χ2v) is 12.8. The number of nitrogens with zero attached hydrogens (tertiary/aromatic N) is 3. The van der Waals surface area contributed by atoms with E-state index < -0.39 is 69.9 Å². The van der Waals surface area contributed by atoms with Crippen molar-refractivity contribution < 1.29 is 42.5 Å². The van der Waals surface area contributed by atoms with Crippen LogP contribution in [0.2, 0.25) is 0 Å². The summed E-state index contributed by atoms with van der Waals surface area (Å²) in [5, 5.41) is 15.3. The summed E-state index contributed by atoms with van der Waals surface area (Å²) in [4.78, 5) is 30.4. The zero-order chi connectivity index (χ0) is 31.0. The monoisotopic (exact) mass is 623 g/mol. The van der Waals surface area contributed by atoms with Gasteiger partial charge in [-0.25, -0.2) is 8.78 Å². The zero-order valence-corrected chi connectivity index (χ0v) is 23.0. The molecule has 1 aliphatic carbocycles. The van der Waals surface area contributed by atoms with Crippen molar-refractivity contribution in [3.8, 4) is 6.07 Å². The lowest BCUT2D eigenvalue weighted by Crippen LogP contribution is -2.52. The molecule has 2 amide bonds. The van der Waals surface area contributed by atoms with E-state index in [4.69, 9.17) is 4.74 Å². The van der Waals surface area contributed by atoms with E-state index in [-0.39, 0.29) is 54.8 Å². The average Bonchev–Trinajstić information content (AvgIpc) is 3.41. The maximum atomic E-state index is 14.0. The van der Waals surface area contributed by atoms with Crippen LogP contribution in [0.5, 0.6) is 0 Å². The van der Waals surface area contributed by atoms with Gasteiger partial charge in [0.2, 0.25) is 17.7 Å². The molecule has 3 unspecified atom stereocenters. The molecule has 2 heterocycles. The molecule has 2 N–H and O–H groups in total. The average molecular weight is 624 g/mol. The second kappa shape index (κ2) is 10.7. The molecule has 3 atom stereocenters. The summed E-state index contributed by atoms with van der Waals surface area (Å²) in [6.07, 6.45) is 0.897. The van der Waals surface area contributed by atoms with Gasteiger partial charge in [-0.2, -0.15) is 5.26 Å². The smallest absolute Gasteiger partial charge is 0.310 e. The lowest BCUT2D eigenvalue weighted by molar-refractivity contribution is -0.128. The number of hydrogen-bond acceptors (Lipinski definition) is 6. The van der Waals surface area contributed by atoms with Gasteiger partial charge < -0.3 is 15.4 Å². The summed E-state index contributed by atoms with van der Waals surface area (Å²) in [6.45, 7) is 0.230. The number of halogens is 7. The minimum Gasteiger partial charge on any atom is -0.380 e. The van der Waals surface area contributed by atoms with Crippen LogP contribution in [0.4, 0.5) is 33.9 Å². The number of pyridine rings is 1. The SMILES string of the molecule is COC1CNC(C(=O)N(c2ccc(S(F)(F)(F)(F)F)cc2)C(C(=O)NC2CCC(F)(F)CC2)c2cnccc2C#N)C1. The van der Waals surface area contributed by atoms with Crippen molar-refractivity contribution in [2.24, 2.45) is 0 Å². The number of nitriles is 1. The van der Waals surface area contributed by atoms with E-state index >= 15 is 0 Å². The number of rotatable bonds is 8. The van der Waals surface area contributed by atoms with Crippen molar-refractivity contribution in [3.63, 3.8) is 0 Å². The maximum absolute atomic E-state index is 14.0. The minimum absolute atomic E-state index is 0.0874. The van der Waals surface area contributed by atoms with Gasteiger partial charge in [0.25, 0.3) is 0 Å². The standard InChI is InChI=1S/C26H28F7N5O3S/c1-41-19-12-22(36-14-19)25(40)38(18-2-4-20(5-3-18)42(29,30,31,32)33)23(21-15-35-11-8-16(21)13-34)24(39)37-17-6-9-26(27,28)10-7-17/h2-5,8,11,15,17,19,22-23,36H,6-7,9-10,12,14H2,1H3,(H,37,39). The third kappa shape index (κ3) is 7.13. The van der Waals surface area contributed by atoms with Crippen LogP contribution in [0.15, 0.2) is 47.6 Å². The van der Waals surface area contributed by atoms with Crippen LogP contribution in [0.25, 0.3) is 0 Å². The number of ether oxygens (including phenoxy) is 1. The predicted octanol–water partition coefficient (Wildman–Crippen LogP) is 5.76. The fraction of sp³-hybridized carbons (Fsp3) is 0.462. The molecule has 42 heavy (non-hydrogen) atoms. The van der Waals surface area contributed by atoms with Crippen LogP contribution in [0.3, 0.4) is 0 Å². The molecule has 1 saturated carbocycles. The maximum Gasteiger partial charge on any atom is 0.310 e. The van der Waals surface area contributed by atoms with Crippen LogP contribution in [-0.4, -0.2) is 54.6 Å². The normalized spacial score (nSPS) is 23.2. The minimum atomic E-state index is -10.1. The first-order valence-electron chi connectivity index (χ1n) is 12.9. The van der Waals surface area contributed by atoms with Gasteiger partial charge in [0, 0.05) is 56.2 Å². The lowest BCUT2D eigenvalue weighted by atomic mass is 9.91. The third-order valence-electron chi connectivity index (χ3n) is 7.36. The Balaban J connectivity index is 1.82. The van der Waals surface area contributed by atoms with Gasteiger partial charge in [0.1, 0.15) is 10.9 Å². The Morgan fingerprint density at radius 2 is 1.79 bits per heavy atom. The number of carbonyl (C=O) groups is 2. The highest BCUT2D eigenvalue weighted by molar-refractivity contribution is 8.45. The molecule has 0 radical (unpaired) electrons. The molecule has 4 rings (SSSR count). The van der Waals surface area contributed by atoms with Gasteiger partial charge >= 0.3 is 10.2 Å². The molecule has 1 aromatic carbocycles. The summed E-state index contributed by atoms with van der Waals surface area (Å²) < 4.78 is 100. The van der Waals surface area contributed by atoms with Gasteiger partial charge in [-0.1, -0.05) is 19.4 Å². The first kappa shape index (κ1) is 31.5. The number of amides is 2. The molecule has 230 valence electrons. The number of carbonyl (C=O) groups excluding carboxylic acids is 2. The van der Waals surface area contributed by atoms with Crippen LogP contribution in [0, 0.1) is 11.3 Å². The van der Waals surface area contributed by atoms with Crippen molar-refractivity contribution in [2.75, 3.05) is 18.6 Å².